The molecule has 0 atom stereocenters. The summed E-state index contributed by atoms with van der Waals surface area (Å²) in [5.41, 5.74) is 0. The van der Waals surface area contributed by atoms with E-state index < -0.39 is 7.82 Å². The van der Waals surface area contributed by atoms with E-state index in [1.165, 1.54) is 0 Å². The van der Waals surface area contributed by atoms with Crippen LogP contribution in [0.3, 0.4) is 0 Å². The molecule has 0 fully saturated rings. The van der Waals surface area contributed by atoms with Crippen molar-refractivity contribution < 1.29 is 38.7 Å². The van der Waals surface area contributed by atoms with Gasteiger partial charge in [0.15, 0.2) is 0 Å². The molecule has 0 unspecified atom stereocenters. The molecule has 0 spiro atoms. The van der Waals surface area contributed by atoms with Crippen LogP contribution in [0.5, 0.6) is 0 Å². The van der Waals surface area contributed by atoms with Crippen molar-refractivity contribution in [2.75, 3.05) is 0 Å². The van der Waals surface area contributed by atoms with Crippen LogP contribution in [0, 0.1) is 0 Å². The molecule has 8 heteroatoms. The Morgan fingerprint density at radius 3 is 1.12 bits per heavy atom. The van der Waals surface area contributed by atoms with Crippen LogP contribution in [-0.4, -0.2) is 97.9 Å². The molecule has 4 nitrogen and oxygen atoms in total. The van der Waals surface area contributed by atoms with Crippen LogP contribution in [0.25, 0.3) is 0 Å². The van der Waals surface area contributed by atoms with Crippen molar-refractivity contribution in [2.45, 2.75) is 0 Å². The summed E-state index contributed by atoms with van der Waals surface area (Å²) < 4.78 is 8.88. The maximum Gasteiger partial charge on any atom is 0 e. The van der Waals surface area contributed by atoms with Gasteiger partial charge in [0.2, 0.25) is 0 Å². The second kappa shape index (κ2) is 10.5. The zero-order chi connectivity index (χ0) is 4.50. The number of rotatable bonds is 0. The van der Waals surface area contributed by atoms with E-state index in [1.807, 2.05) is 0 Å². The normalized spacial score (nSPS) is 7.38. The molecule has 0 saturated heterocycles. The van der Waals surface area contributed by atoms with Gasteiger partial charge in [0.1, 0.15) is 0 Å². The quantitative estimate of drug-likeness (QED) is 0.334. The molecule has 3 N–H and O–H groups in total. The van der Waals surface area contributed by atoms with E-state index in [2.05, 4.69) is 0 Å². The smallest absolute Gasteiger partial charge is 0 e. The third-order valence-electron chi connectivity index (χ3n) is 0. The van der Waals surface area contributed by atoms with Crippen molar-refractivity contribution in [2.24, 2.45) is 0 Å². The van der Waals surface area contributed by atoms with Crippen molar-refractivity contribution >= 4 is 91.0 Å². The van der Waals surface area contributed by atoms with Crippen LogP contribution < -0.4 is 0 Å². The minimum absolute atomic E-state index is 0. The molecular weight excluding hydrogens is 288 g/mol. The zero-order valence-electron chi connectivity index (χ0n) is 2.90. The van der Waals surface area contributed by atoms with Crippen molar-refractivity contribution in [3.8, 4) is 0 Å². The van der Waals surface area contributed by atoms with Gasteiger partial charge in [0.25, 0.3) is 0 Å². The van der Waals surface area contributed by atoms with E-state index in [9.17, 15) is 0 Å². The Balaban J connectivity index is -0.0000000267. The maximum atomic E-state index is 8.88. The molecule has 0 aromatic carbocycles. The molecule has 0 saturated carbocycles. The van der Waals surface area contributed by atoms with Crippen LogP contribution in [0.1, 0.15) is 0 Å². The maximum absolute atomic E-state index is 8.88. The molecule has 0 aliphatic carbocycles. The average molecular weight is 295 g/mol. The molecule has 42 valence electrons. The van der Waals surface area contributed by atoms with Crippen molar-refractivity contribution in [3.63, 3.8) is 0 Å². The van der Waals surface area contributed by atoms with E-state index in [4.69, 9.17) is 19.2 Å². The predicted octanol–water partition coefficient (Wildman–Crippen LogP) is -2.76. The molecule has 0 radical (unpaired) electrons. The van der Waals surface area contributed by atoms with E-state index in [-0.39, 0.29) is 103 Å². The summed E-state index contributed by atoms with van der Waals surface area (Å²) in [6.45, 7) is 0. The van der Waals surface area contributed by atoms with Crippen LogP contribution in [0.2, 0.25) is 0 Å². The first-order valence-corrected chi connectivity index (χ1v) is 2.35. The van der Waals surface area contributed by atoms with Gasteiger partial charge in [0, 0.05) is 19.5 Å². The standard InChI is InChI=1S/Ca.H3O4P.Sr.Zn.4H/c;1-5(2,3)4;;;;;;/h;(H3,1,2,3,4);;;;;;. The summed E-state index contributed by atoms with van der Waals surface area (Å²) >= 11 is 0. The summed E-state index contributed by atoms with van der Waals surface area (Å²) in [6.07, 6.45) is 0. The number of hydrogen-bond donors (Lipinski definition) is 3. The molecule has 0 bridgehead atoms. The third kappa shape index (κ3) is 56.4. The third-order valence-corrected chi connectivity index (χ3v) is 0. The molecule has 0 rings (SSSR count). The van der Waals surface area contributed by atoms with Gasteiger partial charge >= 0.3 is 91.0 Å². The fourth-order valence-corrected chi connectivity index (χ4v) is 0. The average Bonchev–Trinajstić information content (AvgIpc) is 0.722. The second-order valence-electron chi connectivity index (χ2n) is 0.513. The Kier molecular flexibility index (Phi) is 29.5. The Labute approximate surface area is 127 Å². The van der Waals surface area contributed by atoms with Crippen LogP contribution >= 0.6 is 7.82 Å². The van der Waals surface area contributed by atoms with Gasteiger partial charge in [-0.25, -0.2) is 4.57 Å². The van der Waals surface area contributed by atoms with Gasteiger partial charge in [-0.15, -0.1) is 0 Å². The second-order valence-corrected chi connectivity index (χ2v) is 1.54. The van der Waals surface area contributed by atoms with E-state index >= 15 is 0 Å². The van der Waals surface area contributed by atoms with Gasteiger partial charge in [-0.3, -0.25) is 0 Å². The molecular formula is H7CaO4PSrZn. The van der Waals surface area contributed by atoms with Gasteiger partial charge in [0.05, 0.1) is 0 Å². The van der Waals surface area contributed by atoms with E-state index in [0.717, 1.165) is 0 Å². The molecule has 0 aromatic heterocycles. The molecule has 8 heavy (non-hydrogen) atoms. The molecule has 0 aliphatic rings. The fourth-order valence-electron chi connectivity index (χ4n) is 0. The minimum atomic E-state index is -4.64. The van der Waals surface area contributed by atoms with E-state index in [0.29, 0.717) is 0 Å². The Bertz CT molecular complexity index is 62.2. The Hall–Kier alpha value is 3.47. The summed E-state index contributed by atoms with van der Waals surface area (Å²) in [5, 5.41) is 0. The van der Waals surface area contributed by atoms with Gasteiger partial charge < -0.3 is 14.7 Å². The Morgan fingerprint density at radius 1 is 1.12 bits per heavy atom. The summed E-state index contributed by atoms with van der Waals surface area (Å²) in [6, 6.07) is 0. The zero-order valence-corrected chi connectivity index (χ0v) is 6.77. The summed E-state index contributed by atoms with van der Waals surface area (Å²) in [4.78, 5) is 21.6. The predicted molar refractivity (Wildman–Crippen MR) is 31.4 cm³/mol. The molecule has 0 amide bonds. The SMILES string of the molecule is O=P(O)(O)O.[CaH2].[SrH2].[Zn]. The first-order valence-electron chi connectivity index (χ1n) is 0.783. The fraction of sp³-hybridized carbons (Fsp3) is 0. The molecule has 0 aromatic rings. The number of phosphoric acid groups is 1. The van der Waals surface area contributed by atoms with Crippen molar-refractivity contribution in [1.29, 1.82) is 0 Å². The minimum Gasteiger partial charge on any atom is 0 e. The van der Waals surface area contributed by atoms with Crippen molar-refractivity contribution in [1.82, 2.24) is 0 Å². The van der Waals surface area contributed by atoms with Crippen LogP contribution in [-0.2, 0) is 24.0 Å². The summed E-state index contributed by atoms with van der Waals surface area (Å²) in [7, 11) is -4.64. The Morgan fingerprint density at radius 2 is 1.12 bits per heavy atom. The first-order chi connectivity index (χ1) is 2.00. The largest absolute Gasteiger partial charge is 0 e. The summed E-state index contributed by atoms with van der Waals surface area (Å²) in [5.74, 6) is 0. The first kappa shape index (κ1) is 22.5. The molecule has 0 heterocycles. The van der Waals surface area contributed by atoms with E-state index in [1.54, 1.807) is 0 Å². The van der Waals surface area contributed by atoms with Gasteiger partial charge in [-0.05, 0) is 0 Å². The van der Waals surface area contributed by atoms with Gasteiger partial charge in [-0.1, -0.05) is 0 Å². The van der Waals surface area contributed by atoms with Gasteiger partial charge in [-0.2, -0.15) is 0 Å². The van der Waals surface area contributed by atoms with Crippen molar-refractivity contribution in [3.05, 3.63) is 0 Å². The number of hydrogen-bond acceptors (Lipinski definition) is 1. The monoisotopic (exact) mass is 294 g/mol. The molecule has 0 aliphatic heterocycles. The van der Waals surface area contributed by atoms with Crippen LogP contribution in [0.4, 0.5) is 0 Å². The van der Waals surface area contributed by atoms with Crippen LogP contribution in [0.15, 0.2) is 0 Å². The topological polar surface area (TPSA) is 77.8 Å².